The molecule has 0 amide bonds. The van der Waals surface area contributed by atoms with Crippen LogP contribution < -0.4 is 0 Å². The van der Waals surface area contributed by atoms with E-state index >= 15 is 0 Å². The third kappa shape index (κ3) is 3.70. The maximum absolute atomic E-state index is 12.5. The molecule has 156 valence electrons. The summed E-state index contributed by atoms with van der Waals surface area (Å²) in [6, 6.07) is 5.06. The number of rotatable bonds is 5. The van der Waals surface area contributed by atoms with Crippen molar-refractivity contribution in [2.75, 3.05) is 6.54 Å². The number of fused-ring (bicyclic) bond motifs is 3. The maximum atomic E-state index is 12.5. The van der Waals surface area contributed by atoms with Crippen LogP contribution in [0.1, 0.15) is 51.6 Å². The lowest BCUT2D eigenvalue weighted by Crippen LogP contribution is -2.39. The van der Waals surface area contributed by atoms with Crippen molar-refractivity contribution in [3.05, 3.63) is 34.4 Å². The molecular formula is C22H27BrN2O4. The van der Waals surface area contributed by atoms with Crippen LogP contribution >= 0.6 is 15.9 Å². The van der Waals surface area contributed by atoms with E-state index in [0.717, 1.165) is 41.2 Å². The molecule has 2 aromatic rings. The van der Waals surface area contributed by atoms with Gasteiger partial charge in [0, 0.05) is 34.2 Å². The molecule has 1 saturated carbocycles. The van der Waals surface area contributed by atoms with Gasteiger partial charge in [0.2, 0.25) is 0 Å². The summed E-state index contributed by atoms with van der Waals surface area (Å²) in [7, 11) is 0. The van der Waals surface area contributed by atoms with Gasteiger partial charge in [-0.1, -0.05) is 42.8 Å². The van der Waals surface area contributed by atoms with Crippen molar-refractivity contribution >= 4 is 38.8 Å². The van der Waals surface area contributed by atoms with Crippen molar-refractivity contribution in [3.63, 3.8) is 0 Å². The highest BCUT2D eigenvalue weighted by molar-refractivity contribution is 9.10. The Hall–Kier alpha value is -1.86. The second kappa shape index (κ2) is 6.84. The monoisotopic (exact) mass is 462 g/mol. The van der Waals surface area contributed by atoms with Crippen LogP contribution in [0.4, 0.5) is 0 Å². The topological polar surface area (TPSA) is 82.8 Å². The Bertz CT molecular complexity index is 998. The number of carboxylic acid groups (broad SMARTS) is 2. The van der Waals surface area contributed by atoms with Crippen molar-refractivity contribution in [3.8, 4) is 0 Å². The number of halogens is 1. The number of hydrogen-bond donors (Lipinski definition) is 2. The molecule has 6 nitrogen and oxygen atoms in total. The van der Waals surface area contributed by atoms with Gasteiger partial charge in [0.15, 0.2) is 0 Å². The van der Waals surface area contributed by atoms with Crippen LogP contribution in [0.2, 0.25) is 0 Å². The second-order valence-corrected chi connectivity index (χ2v) is 10.8. The quantitative estimate of drug-likeness (QED) is 0.682. The number of hydrogen-bond acceptors (Lipinski definition) is 3. The Morgan fingerprint density at radius 2 is 1.97 bits per heavy atom. The molecule has 3 atom stereocenters. The number of nitrogens with zero attached hydrogens (tertiary/aromatic N) is 2. The minimum absolute atomic E-state index is 0.114. The van der Waals surface area contributed by atoms with Crippen LogP contribution in [0.5, 0.6) is 0 Å². The van der Waals surface area contributed by atoms with Gasteiger partial charge in [0.25, 0.3) is 0 Å². The van der Waals surface area contributed by atoms with E-state index < -0.39 is 18.0 Å². The third-order valence-corrected chi connectivity index (χ3v) is 6.99. The fourth-order valence-electron chi connectivity index (χ4n) is 6.05. The first kappa shape index (κ1) is 20.4. The van der Waals surface area contributed by atoms with Crippen molar-refractivity contribution in [2.24, 2.45) is 10.8 Å². The summed E-state index contributed by atoms with van der Waals surface area (Å²) < 4.78 is 2.47. The Balaban J connectivity index is 1.82. The molecule has 0 radical (unpaired) electrons. The van der Waals surface area contributed by atoms with Crippen LogP contribution in [0.3, 0.4) is 0 Å². The lowest BCUT2D eigenvalue weighted by Gasteiger charge is -2.40. The maximum Gasteiger partial charge on any atom is 0.325 e. The van der Waals surface area contributed by atoms with E-state index in [4.69, 9.17) is 0 Å². The summed E-state index contributed by atoms with van der Waals surface area (Å²) in [5.41, 5.74) is 1.71. The first-order valence-corrected chi connectivity index (χ1v) is 10.8. The molecule has 2 fully saturated rings. The summed E-state index contributed by atoms with van der Waals surface area (Å²) in [6.45, 7) is 7.36. The summed E-state index contributed by atoms with van der Waals surface area (Å²) >= 11 is 3.44. The van der Waals surface area contributed by atoms with Gasteiger partial charge in [0.1, 0.15) is 12.6 Å². The summed E-state index contributed by atoms with van der Waals surface area (Å²) in [5.74, 6) is -1.83. The average Bonchev–Trinajstić information content (AvgIpc) is 3.01. The van der Waals surface area contributed by atoms with E-state index in [1.54, 1.807) is 10.8 Å². The molecule has 1 saturated heterocycles. The molecule has 29 heavy (non-hydrogen) atoms. The number of benzene rings is 1. The van der Waals surface area contributed by atoms with E-state index in [9.17, 15) is 19.8 Å². The zero-order valence-electron chi connectivity index (χ0n) is 17.0. The zero-order chi connectivity index (χ0) is 21.1. The molecule has 1 aromatic carbocycles. The molecule has 1 aliphatic carbocycles. The fourth-order valence-corrected chi connectivity index (χ4v) is 6.40. The average molecular weight is 463 g/mol. The molecule has 2 heterocycles. The van der Waals surface area contributed by atoms with Crippen molar-refractivity contribution in [1.29, 1.82) is 0 Å². The highest BCUT2D eigenvalue weighted by atomic mass is 79.9. The summed E-state index contributed by atoms with van der Waals surface area (Å²) in [5, 5.41) is 20.4. The van der Waals surface area contributed by atoms with Crippen LogP contribution in [0, 0.1) is 10.8 Å². The molecule has 0 spiro atoms. The Kier molecular flexibility index (Phi) is 4.82. The van der Waals surface area contributed by atoms with Gasteiger partial charge in [-0.15, -0.1) is 0 Å². The number of aromatic nitrogens is 1. The second-order valence-electron chi connectivity index (χ2n) is 9.89. The zero-order valence-corrected chi connectivity index (χ0v) is 18.6. The number of likely N-dealkylation sites (tertiary alicyclic amines) is 1. The molecule has 1 aliphatic heterocycles. The largest absolute Gasteiger partial charge is 0.480 e. The Morgan fingerprint density at radius 1 is 1.24 bits per heavy atom. The van der Waals surface area contributed by atoms with Gasteiger partial charge in [-0.05, 0) is 42.2 Å². The van der Waals surface area contributed by atoms with Crippen LogP contribution in [0.15, 0.2) is 28.9 Å². The van der Waals surface area contributed by atoms with Crippen LogP contribution in [-0.2, 0) is 16.1 Å². The lowest BCUT2D eigenvalue weighted by molar-refractivity contribution is -0.144. The van der Waals surface area contributed by atoms with Crippen molar-refractivity contribution in [2.45, 2.75) is 58.7 Å². The van der Waals surface area contributed by atoms with Gasteiger partial charge in [-0.3, -0.25) is 14.5 Å². The molecule has 2 N–H and O–H groups in total. The van der Waals surface area contributed by atoms with Crippen molar-refractivity contribution < 1.29 is 19.8 Å². The van der Waals surface area contributed by atoms with E-state index in [2.05, 4.69) is 41.6 Å². The number of carboxylic acids is 2. The smallest absolute Gasteiger partial charge is 0.325 e. The predicted octanol–water partition coefficient (Wildman–Crippen LogP) is 4.51. The van der Waals surface area contributed by atoms with Gasteiger partial charge in [-0.25, -0.2) is 0 Å². The molecular weight excluding hydrogens is 436 g/mol. The first-order valence-electron chi connectivity index (χ1n) is 9.97. The van der Waals surface area contributed by atoms with Crippen LogP contribution in [0.25, 0.3) is 10.9 Å². The van der Waals surface area contributed by atoms with Gasteiger partial charge in [0.05, 0.1) is 5.52 Å². The van der Waals surface area contributed by atoms with E-state index in [0.29, 0.717) is 5.56 Å². The highest BCUT2D eigenvalue weighted by Gasteiger charge is 2.52. The molecule has 0 unspecified atom stereocenters. The lowest BCUT2D eigenvalue weighted by atomic mass is 9.65. The van der Waals surface area contributed by atoms with E-state index in [1.807, 2.05) is 18.2 Å². The first-order chi connectivity index (χ1) is 13.5. The number of aliphatic carboxylic acids is 2. The summed E-state index contributed by atoms with van der Waals surface area (Å²) in [6.07, 6.45) is 4.80. The molecule has 2 aliphatic rings. The fraction of sp³-hybridized carbons (Fsp3) is 0.545. The van der Waals surface area contributed by atoms with Crippen molar-refractivity contribution in [1.82, 2.24) is 9.47 Å². The standard InChI is InChI=1S/C22H27BrN2O4/c1-21(2)7-14-8-22(3,11-21)12-25(14)19(20(28)29)16-9-24(10-18(26)27)17-6-13(23)4-5-15(16)17/h4-6,9,14,19H,7-8,10-12H2,1-3H3,(H,26,27)(H,28,29)/t14-,19-,22-/m0/s1. The van der Waals surface area contributed by atoms with Crippen LogP contribution in [-0.4, -0.2) is 44.2 Å². The molecule has 2 bridgehead atoms. The van der Waals surface area contributed by atoms with Gasteiger partial charge in [-0.2, -0.15) is 0 Å². The molecule has 1 aromatic heterocycles. The normalized spacial score (nSPS) is 27.2. The van der Waals surface area contributed by atoms with Gasteiger partial charge >= 0.3 is 11.9 Å². The van der Waals surface area contributed by atoms with Gasteiger partial charge < -0.3 is 14.8 Å². The third-order valence-electron chi connectivity index (χ3n) is 6.50. The predicted molar refractivity (Wildman–Crippen MR) is 114 cm³/mol. The van der Waals surface area contributed by atoms with E-state index in [1.165, 1.54) is 0 Å². The Morgan fingerprint density at radius 3 is 2.62 bits per heavy atom. The minimum atomic E-state index is -0.952. The SMILES string of the molecule is CC1(C)C[C@H]2C[C@](C)(CN2[C@H](C(=O)O)c2cn(CC(=O)O)c3cc(Br)ccc23)C1. The minimum Gasteiger partial charge on any atom is -0.480 e. The Labute approximate surface area is 178 Å². The highest BCUT2D eigenvalue weighted by Crippen LogP contribution is 2.54. The summed E-state index contributed by atoms with van der Waals surface area (Å²) in [4.78, 5) is 26.0. The molecule has 4 rings (SSSR count). The molecule has 7 heteroatoms. The number of carbonyl (C=O) groups is 2. The van der Waals surface area contributed by atoms with E-state index in [-0.39, 0.29) is 23.4 Å².